The van der Waals surface area contributed by atoms with E-state index in [0.717, 1.165) is 31.9 Å². The number of nitrogens with zero attached hydrogens (tertiary/aromatic N) is 3. The predicted molar refractivity (Wildman–Crippen MR) is 82.8 cm³/mol. The summed E-state index contributed by atoms with van der Waals surface area (Å²) in [5.74, 6) is -0.213. The molecule has 0 aliphatic carbocycles. The first-order valence-corrected chi connectivity index (χ1v) is 8.63. The molecule has 1 aromatic rings. The first-order valence-electron chi connectivity index (χ1n) is 7.02. The van der Waals surface area contributed by atoms with Crippen LogP contribution in [0.15, 0.2) is 24.3 Å². The minimum absolute atomic E-state index is 0.0765. The molecule has 8 nitrogen and oxygen atoms in total. The quantitative estimate of drug-likeness (QED) is 0.471. The highest BCUT2D eigenvalue weighted by Gasteiger charge is 2.18. The van der Waals surface area contributed by atoms with Crippen molar-refractivity contribution in [2.24, 2.45) is 0 Å². The Kier molecular flexibility index (Phi) is 5.33. The molecule has 9 heteroatoms. The Morgan fingerprint density at radius 3 is 2.23 bits per heavy atom. The second-order valence-corrected chi connectivity index (χ2v) is 6.81. The fourth-order valence-electron chi connectivity index (χ4n) is 2.49. The van der Waals surface area contributed by atoms with Gasteiger partial charge in [-0.25, -0.2) is 0 Å². The molecule has 0 atom stereocenters. The monoisotopic (exact) mass is 329 g/mol. The van der Waals surface area contributed by atoms with Gasteiger partial charge in [0.1, 0.15) is 0 Å². The Labute approximate surface area is 129 Å². The van der Waals surface area contributed by atoms with Crippen LogP contribution in [0.25, 0.3) is 0 Å². The molecule has 0 saturated carbocycles. The summed E-state index contributed by atoms with van der Waals surface area (Å²) in [4.78, 5) is 14.5. The molecule has 22 heavy (non-hydrogen) atoms. The van der Waals surface area contributed by atoms with Gasteiger partial charge < -0.3 is 4.90 Å². The normalized spacial score (nSPS) is 16.7. The van der Waals surface area contributed by atoms with Crippen LogP contribution in [0.1, 0.15) is 6.42 Å². The standard InChI is InChI=1S/C13H19N3O5S/c17-16(18)13-4-2-12(3-5-13)15-9-7-14(8-10-15)6-1-11-22(19,20)21/h2-5H,1,6-11H2,(H,19,20,21). The van der Waals surface area contributed by atoms with Crippen molar-refractivity contribution in [1.29, 1.82) is 0 Å². The highest BCUT2D eigenvalue weighted by Crippen LogP contribution is 2.20. The van der Waals surface area contributed by atoms with Crippen molar-refractivity contribution in [1.82, 2.24) is 4.90 Å². The number of rotatable bonds is 6. The summed E-state index contributed by atoms with van der Waals surface area (Å²) in [7, 11) is -3.88. The van der Waals surface area contributed by atoms with Crippen molar-refractivity contribution in [3.8, 4) is 0 Å². The minimum atomic E-state index is -3.88. The van der Waals surface area contributed by atoms with Crippen LogP contribution in [-0.4, -0.2) is 61.3 Å². The van der Waals surface area contributed by atoms with E-state index in [2.05, 4.69) is 9.80 Å². The molecule has 1 fully saturated rings. The van der Waals surface area contributed by atoms with Gasteiger partial charge in [-0.3, -0.25) is 19.6 Å². The lowest BCUT2D eigenvalue weighted by Gasteiger charge is -2.36. The lowest BCUT2D eigenvalue weighted by molar-refractivity contribution is -0.384. The van der Waals surface area contributed by atoms with Crippen LogP contribution in [-0.2, 0) is 10.1 Å². The Bertz CT molecular complexity index is 609. The van der Waals surface area contributed by atoms with Crippen molar-refractivity contribution in [2.45, 2.75) is 6.42 Å². The van der Waals surface area contributed by atoms with Crippen molar-refractivity contribution in [2.75, 3.05) is 43.4 Å². The van der Waals surface area contributed by atoms with Crippen LogP contribution < -0.4 is 4.90 Å². The average molecular weight is 329 g/mol. The number of hydrogen-bond acceptors (Lipinski definition) is 6. The minimum Gasteiger partial charge on any atom is -0.369 e. The molecule has 1 heterocycles. The molecule has 122 valence electrons. The maximum Gasteiger partial charge on any atom is 0.269 e. The van der Waals surface area contributed by atoms with Gasteiger partial charge in [-0.2, -0.15) is 8.42 Å². The molecule has 1 aromatic carbocycles. The highest BCUT2D eigenvalue weighted by atomic mass is 32.2. The number of nitro groups is 1. The van der Waals surface area contributed by atoms with Crippen molar-refractivity contribution >= 4 is 21.5 Å². The Morgan fingerprint density at radius 2 is 1.73 bits per heavy atom. The fourth-order valence-corrected chi connectivity index (χ4v) is 2.98. The summed E-state index contributed by atoms with van der Waals surface area (Å²) in [5.41, 5.74) is 1.02. The fraction of sp³-hybridized carbons (Fsp3) is 0.538. The molecule has 2 rings (SSSR count). The zero-order valence-corrected chi connectivity index (χ0v) is 12.9. The van der Waals surface area contributed by atoms with Crippen LogP contribution in [0.2, 0.25) is 0 Å². The highest BCUT2D eigenvalue weighted by molar-refractivity contribution is 7.85. The summed E-state index contributed by atoms with van der Waals surface area (Å²) in [5, 5.41) is 10.6. The summed E-state index contributed by atoms with van der Waals surface area (Å²) < 4.78 is 30.0. The first kappa shape index (κ1) is 16.7. The third-order valence-corrected chi connectivity index (χ3v) is 4.48. The second-order valence-electron chi connectivity index (χ2n) is 5.24. The lowest BCUT2D eigenvalue weighted by atomic mass is 10.2. The van der Waals surface area contributed by atoms with Gasteiger partial charge in [0.2, 0.25) is 0 Å². The van der Waals surface area contributed by atoms with Gasteiger partial charge in [0.25, 0.3) is 15.8 Å². The molecular formula is C13H19N3O5S. The molecule has 1 saturated heterocycles. The van der Waals surface area contributed by atoms with Crippen LogP contribution in [0.5, 0.6) is 0 Å². The van der Waals surface area contributed by atoms with E-state index in [0.29, 0.717) is 13.0 Å². The Balaban J connectivity index is 1.80. The third-order valence-electron chi connectivity index (χ3n) is 3.67. The van der Waals surface area contributed by atoms with E-state index in [1.807, 2.05) is 0 Å². The van der Waals surface area contributed by atoms with Crippen LogP contribution >= 0.6 is 0 Å². The molecule has 0 radical (unpaired) electrons. The number of benzene rings is 1. The largest absolute Gasteiger partial charge is 0.369 e. The Hall–Kier alpha value is -1.71. The summed E-state index contributed by atoms with van der Waals surface area (Å²) >= 11 is 0. The zero-order chi connectivity index (χ0) is 16.2. The van der Waals surface area contributed by atoms with Crippen LogP contribution in [0, 0.1) is 10.1 Å². The van der Waals surface area contributed by atoms with Gasteiger partial charge in [-0.15, -0.1) is 0 Å². The number of anilines is 1. The summed E-state index contributed by atoms with van der Waals surface area (Å²) in [6.45, 7) is 3.78. The van der Waals surface area contributed by atoms with E-state index in [1.54, 1.807) is 12.1 Å². The van der Waals surface area contributed by atoms with E-state index in [9.17, 15) is 18.5 Å². The second kappa shape index (κ2) is 7.03. The molecule has 0 bridgehead atoms. The van der Waals surface area contributed by atoms with Gasteiger partial charge in [0.05, 0.1) is 10.7 Å². The molecular weight excluding hydrogens is 310 g/mol. The molecule has 0 unspecified atom stereocenters. The predicted octanol–water partition coefficient (Wildman–Crippen LogP) is 0.995. The van der Waals surface area contributed by atoms with Crippen molar-refractivity contribution < 1.29 is 17.9 Å². The molecule has 0 amide bonds. The SMILES string of the molecule is O=[N+]([O-])c1ccc(N2CCN(CCCS(=O)(=O)O)CC2)cc1. The number of non-ortho nitro benzene ring substituents is 1. The molecule has 0 aromatic heterocycles. The van der Waals surface area contributed by atoms with Crippen LogP contribution in [0.4, 0.5) is 11.4 Å². The summed E-state index contributed by atoms with van der Waals surface area (Å²) in [6.07, 6.45) is 0.413. The maximum atomic E-state index is 10.7. The average Bonchev–Trinajstić information content (AvgIpc) is 2.47. The molecule has 1 aliphatic rings. The van der Waals surface area contributed by atoms with E-state index < -0.39 is 15.0 Å². The topological polar surface area (TPSA) is 104 Å². The third kappa shape index (κ3) is 4.93. The number of piperazine rings is 1. The van der Waals surface area contributed by atoms with Crippen LogP contribution in [0.3, 0.4) is 0 Å². The van der Waals surface area contributed by atoms with E-state index in [-0.39, 0.29) is 11.4 Å². The molecule has 0 spiro atoms. The van der Waals surface area contributed by atoms with Gasteiger partial charge in [0.15, 0.2) is 0 Å². The Morgan fingerprint density at radius 1 is 1.14 bits per heavy atom. The van der Waals surface area contributed by atoms with E-state index in [1.165, 1.54) is 12.1 Å². The van der Waals surface area contributed by atoms with Gasteiger partial charge in [-0.1, -0.05) is 0 Å². The summed E-state index contributed by atoms with van der Waals surface area (Å²) in [6, 6.07) is 6.47. The van der Waals surface area contributed by atoms with Gasteiger partial charge >= 0.3 is 0 Å². The molecule has 1 aliphatic heterocycles. The van der Waals surface area contributed by atoms with E-state index >= 15 is 0 Å². The van der Waals surface area contributed by atoms with Crippen molar-refractivity contribution in [3.05, 3.63) is 34.4 Å². The van der Waals surface area contributed by atoms with Crippen molar-refractivity contribution in [3.63, 3.8) is 0 Å². The van der Waals surface area contributed by atoms with Gasteiger partial charge in [-0.05, 0) is 25.1 Å². The molecule has 1 N–H and O–H groups in total. The zero-order valence-electron chi connectivity index (χ0n) is 12.1. The van der Waals surface area contributed by atoms with E-state index in [4.69, 9.17) is 4.55 Å². The smallest absolute Gasteiger partial charge is 0.269 e. The number of nitro benzene ring substituents is 1. The lowest BCUT2D eigenvalue weighted by Crippen LogP contribution is -2.46. The maximum absolute atomic E-state index is 10.7. The van der Waals surface area contributed by atoms with Gasteiger partial charge in [0, 0.05) is 44.0 Å². The first-order chi connectivity index (χ1) is 10.3. The number of hydrogen-bond donors (Lipinski definition) is 1.